The molecule has 0 bridgehead atoms. The lowest BCUT2D eigenvalue weighted by Gasteiger charge is -2.05. The van der Waals surface area contributed by atoms with Gasteiger partial charge in [0.05, 0.1) is 11.1 Å². The molecule has 106 valence electrons. The van der Waals surface area contributed by atoms with E-state index in [1.807, 2.05) is 23.6 Å². The Balaban J connectivity index is 1.68. The second kappa shape index (κ2) is 6.24. The van der Waals surface area contributed by atoms with Gasteiger partial charge in [0.15, 0.2) is 0 Å². The topological polar surface area (TPSA) is 55.1 Å². The molecule has 0 saturated carbocycles. The molecule has 3 aromatic rings. The smallest absolute Gasteiger partial charge is 0.261 e. The van der Waals surface area contributed by atoms with E-state index in [1.165, 1.54) is 11.3 Å². The first kappa shape index (κ1) is 14.0. The van der Waals surface area contributed by atoms with Gasteiger partial charge in [0.1, 0.15) is 5.76 Å². The molecule has 3 rings (SSSR count). The molecule has 0 atom stereocenters. The van der Waals surface area contributed by atoms with Gasteiger partial charge in [-0.05, 0) is 45.8 Å². The van der Waals surface area contributed by atoms with Crippen molar-refractivity contribution in [3.8, 4) is 11.3 Å². The maximum Gasteiger partial charge on any atom is 0.261 e. The van der Waals surface area contributed by atoms with Crippen molar-refractivity contribution in [1.29, 1.82) is 0 Å². The maximum absolute atomic E-state index is 12.0. The summed E-state index contributed by atoms with van der Waals surface area (Å²) in [6.45, 7) is 0.426. The van der Waals surface area contributed by atoms with E-state index >= 15 is 0 Å². The molecule has 4 nitrogen and oxygen atoms in total. The Labute approximate surface area is 134 Å². The van der Waals surface area contributed by atoms with E-state index in [1.54, 1.807) is 24.7 Å². The highest BCUT2D eigenvalue weighted by molar-refractivity contribution is 9.10. The van der Waals surface area contributed by atoms with Gasteiger partial charge in [-0.2, -0.15) is 0 Å². The highest BCUT2D eigenvalue weighted by Crippen LogP contribution is 2.21. The number of furan rings is 1. The Morgan fingerprint density at radius 1 is 1.38 bits per heavy atom. The second-order valence-corrected chi connectivity index (χ2v) is 6.20. The van der Waals surface area contributed by atoms with Crippen molar-refractivity contribution in [3.05, 3.63) is 63.2 Å². The highest BCUT2D eigenvalue weighted by Gasteiger charge is 2.09. The first-order chi connectivity index (χ1) is 10.2. The van der Waals surface area contributed by atoms with Crippen LogP contribution in [0.2, 0.25) is 0 Å². The van der Waals surface area contributed by atoms with Gasteiger partial charge in [-0.15, -0.1) is 11.3 Å². The van der Waals surface area contributed by atoms with E-state index in [0.29, 0.717) is 11.4 Å². The molecule has 0 saturated heterocycles. The number of hydrogen-bond acceptors (Lipinski definition) is 4. The zero-order valence-corrected chi connectivity index (χ0v) is 13.3. The van der Waals surface area contributed by atoms with Gasteiger partial charge in [0.2, 0.25) is 0 Å². The lowest BCUT2D eigenvalue weighted by atomic mass is 10.1. The van der Waals surface area contributed by atoms with Gasteiger partial charge in [0.25, 0.3) is 5.91 Å². The number of rotatable bonds is 4. The van der Waals surface area contributed by atoms with Gasteiger partial charge in [-0.25, -0.2) is 0 Å². The Bertz CT molecular complexity index is 753. The number of nitrogens with one attached hydrogen (secondary N) is 1. The first-order valence-corrected chi connectivity index (χ1v) is 7.89. The summed E-state index contributed by atoms with van der Waals surface area (Å²) in [5, 5.41) is 4.76. The molecule has 0 unspecified atom stereocenters. The van der Waals surface area contributed by atoms with Crippen LogP contribution in [0.15, 0.2) is 57.2 Å². The predicted molar refractivity (Wildman–Crippen MR) is 85.1 cm³/mol. The van der Waals surface area contributed by atoms with Crippen molar-refractivity contribution in [2.45, 2.75) is 6.54 Å². The Morgan fingerprint density at radius 2 is 2.29 bits per heavy atom. The number of nitrogens with zero attached hydrogens (tertiary/aromatic N) is 1. The molecule has 0 aromatic carbocycles. The average Bonchev–Trinajstić information content (AvgIpc) is 3.16. The molecule has 0 radical (unpaired) electrons. The van der Waals surface area contributed by atoms with E-state index in [-0.39, 0.29) is 5.91 Å². The molecule has 1 amide bonds. The van der Waals surface area contributed by atoms with Crippen LogP contribution in [0.5, 0.6) is 0 Å². The molecule has 0 aliphatic heterocycles. The number of amides is 1. The summed E-state index contributed by atoms with van der Waals surface area (Å²) in [4.78, 5) is 16.8. The van der Waals surface area contributed by atoms with E-state index in [4.69, 9.17) is 4.42 Å². The van der Waals surface area contributed by atoms with Gasteiger partial charge >= 0.3 is 0 Å². The third-order valence-corrected chi connectivity index (χ3v) is 4.53. The summed E-state index contributed by atoms with van der Waals surface area (Å²) >= 11 is 4.74. The Kier molecular flexibility index (Phi) is 4.17. The fourth-order valence-electron chi connectivity index (χ4n) is 1.86. The fourth-order valence-corrected chi connectivity index (χ4v) is 3.21. The summed E-state index contributed by atoms with van der Waals surface area (Å²) in [5.41, 5.74) is 1.82. The average molecular weight is 363 g/mol. The normalized spacial score (nSPS) is 10.5. The minimum absolute atomic E-state index is 0.0888. The van der Waals surface area contributed by atoms with Crippen molar-refractivity contribution in [2.75, 3.05) is 0 Å². The van der Waals surface area contributed by atoms with Crippen LogP contribution in [-0.4, -0.2) is 10.9 Å². The van der Waals surface area contributed by atoms with Crippen molar-refractivity contribution in [1.82, 2.24) is 10.3 Å². The number of pyridine rings is 1. The number of hydrogen-bond donors (Lipinski definition) is 1. The minimum Gasteiger partial charge on any atom is -0.464 e. The molecular formula is C15H11BrN2O2S. The van der Waals surface area contributed by atoms with Crippen molar-refractivity contribution < 1.29 is 9.21 Å². The number of carbonyl (C=O) groups is 1. The maximum atomic E-state index is 12.0. The minimum atomic E-state index is -0.0888. The molecule has 0 spiro atoms. The molecular weight excluding hydrogens is 352 g/mol. The van der Waals surface area contributed by atoms with Crippen LogP contribution >= 0.6 is 27.3 Å². The molecule has 0 aliphatic carbocycles. The summed E-state index contributed by atoms with van der Waals surface area (Å²) in [7, 11) is 0. The van der Waals surface area contributed by atoms with Gasteiger partial charge in [-0.3, -0.25) is 9.78 Å². The summed E-state index contributed by atoms with van der Waals surface area (Å²) in [6.07, 6.45) is 5.09. The molecule has 0 fully saturated rings. The van der Waals surface area contributed by atoms with E-state index in [9.17, 15) is 4.79 Å². The highest BCUT2D eigenvalue weighted by atomic mass is 79.9. The molecule has 3 aromatic heterocycles. The SMILES string of the molecule is O=C(NCc1cncc(-c2ccco2)c1)c1cc(Br)cs1. The lowest BCUT2D eigenvalue weighted by molar-refractivity contribution is 0.0955. The largest absolute Gasteiger partial charge is 0.464 e. The first-order valence-electron chi connectivity index (χ1n) is 6.22. The molecule has 0 aliphatic rings. The van der Waals surface area contributed by atoms with E-state index in [0.717, 1.165) is 21.4 Å². The van der Waals surface area contributed by atoms with Crippen LogP contribution < -0.4 is 5.32 Å². The zero-order chi connectivity index (χ0) is 14.7. The third kappa shape index (κ3) is 3.40. The van der Waals surface area contributed by atoms with Crippen LogP contribution in [0, 0.1) is 0 Å². The Hall–Kier alpha value is -1.92. The summed E-state index contributed by atoms with van der Waals surface area (Å²) in [6, 6.07) is 7.47. The van der Waals surface area contributed by atoms with Gasteiger partial charge in [0, 0.05) is 34.4 Å². The van der Waals surface area contributed by atoms with Gasteiger partial charge < -0.3 is 9.73 Å². The van der Waals surface area contributed by atoms with E-state index in [2.05, 4.69) is 26.2 Å². The van der Waals surface area contributed by atoms with Crippen LogP contribution in [0.1, 0.15) is 15.2 Å². The summed E-state index contributed by atoms with van der Waals surface area (Å²) in [5.74, 6) is 0.673. The Morgan fingerprint density at radius 3 is 3.00 bits per heavy atom. The standard InChI is InChI=1S/C15H11BrN2O2S/c16-12-5-14(21-9-12)15(19)18-7-10-4-11(8-17-6-10)13-2-1-3-20-13/h1-6,8-9H,7H2,(H,18,19). The van der Waals surface area contributed by atoms with E-state index < -0.39 is 0 Å². The van der Waals surface area contributed by atoms with Crippen molar-refractivity contribution in [2.24, 2.45) is 0 Å². The van der Waals surface area contributed by atoms with Crippen molar-refractivity contribution in [3.63, 3.8) is 0 Å². The van der Waals surface area contributed by atoms with Crippen LogP contribution in [0.25, 0.3) is 11.3 Å². The monoisotopic (exact) mass is 362 g/mol. The number of aromatic nitrogens is 1. The molecule has 3 heterocycles. The van der Waals surface area contributed by atoms with Crippen molar-refractivity contribution >= 4 is 33.2 Å². The number of thiophene rings is 1. The van der Waals surface area contributed by atoms with Crippen LogP contribution in [0.4, 0.5) is 0 Å². The van der Waals surface area contributed by atoms with Gasteiger partial charge in [-0.1, -0.05) is 0 Å². The van der Waals surface area contributed by atoms with Crippen LogP contribution in [-0.2, 0) is 6.54 Å². The second-order valence-electron chi connectivity index (χ2n) is 4.37. The third-order valence-electron chi connectivity index (χ3n) is 2.84. The number of carbonyl (C=O) groups excluding carboxylic acids is 1. The number of halogens is 1. The zero-order valence-electron chi connectivity index (χ0n) is 10.9. The van der Waals surface area contributed by atoms with Crippen LogP contribution in [0.3, 0.4) is 0 Å². The predicted octanol–water partition coefficient (Wildman–Crippen LogP) is 4.10. The lowest BCUT2D eigenvalue weighted by Crippen LogP contribution is -2.21. The molecule has 6 heteroatoms. The molecule has 1 N–H and O–H groups in total. The molecule has 21 heavy (non-hydrogen) atoms. The summed E-state index contributed by atoms with van der Waals surface area (Å²) < 4.78 is 6.26. The quantitative estimate of drug-likeness (QED) is 0.760. The fraction of sp³-hybridized carbons (Fsp3) is 0.0667.